The zero-order valence-electron chi connectivity index (χ0n) is 16.8. The molecule has 0 saturated carbocycles. The van der Waals surface area contributed by atoms with Gasteiger partial charge < -0.3 is 40.4 Å². The van der Waals surface area contributed by atoms with Gasteiger partial charge in [0.2, 0.25) is 5.91 Å². The molecule has 1 fully saturated rings. The fraction of sp³-hybridized carbons (Fsp3) is 0.526. The van der Waals surface area contributed by atoms with Crippen molar-refractivity contribution in [3.63, 3.8) is 0 Å². The van der Waals surface area contributed by atoms with Gasteiger partial charge in [0.1, 0.15) is 28.9 Å². The van der Waals surface area contributed by atoms with Gasteiger partial charge in [-0.1, -0.05) is 6.07 Å². The van der Waals surface area contributed by atoms with Crippen molar-refractivity contribution in [3.05, 3.63) is 23.3 Å². The molecular formula is C19H27BN2O8. The Morgan fingerprint density at radius 1 is 1.30 bits per heavy atom. The number of hydrogen-bond donors (Lipinski definition) is 5. The minimum Gasteiger partial charge on any atom is -0.507 e. The lowest BCUT2D eigenvalue weighted by molar-refractivity contribution is -0.140. The lowest BCUT2D eigenvalue weighted by Crippen LogP contribution is -2.57. The van der Waals surface area contributed by atoms with Gasteiger partial charge in [-0.15, -0.1) is 0 Å². The highest BCUT2D eigenvalue weighted by atomic mass is 16.5. The van der Waals surface area contributed by atoms with Crippen LogP contribution in [0.2, 0.25) is 6.32 Å². The van der Waals surface area contributed by atoms with E-state index in [0.29, 0.717) is 12.8 Å². The molecule has 164 valence electrons. The first-order valence-corrected chi connectivity index (χ1v) is 9.72. The van der Waals surface area contributed by atoms with Crippen LogP contribution in [-0.4, -0.2) is 75.2 Å². The predicted octanol–water partition coefficient (Wildman–Crippen LogP) is -0.218. The zero-order chi connectivity index (χ0) is 22.4. The van der Waals surface area contributed by atoms with E-state index < -0.39 is 36.5 Å². The molecule has 0 spiro atoms. The molecule has 6 N–H and O–H groups in total. The lowest BCUT2D eigenvalue weighted by Gasteiger charge is -2.39. The van der Waals surface area contributed by atoms with E-state index in [-0.39, 0.29) is 55.3 Å². The summed E-state index contributed by atoms with van der Waals surface area (Å²) in [6.07, 6.45) is 0.489. The number of carboxylic acid groups (broad SMARTS) is 1. The maximum absolute atomic E-state index is 12.2. The van der Waals surface area contributed by atoms with Crippen LogP contribution in [0.15, 0.2) is 12.1 Å². The third-order valence-corrected chi connectivity index (χ3v) is 4.91. The van der Waals surface area contributed by atoms with Crippen LogP contribution in [0.4, 0.5) is 0 Å². The van der Waals surface area contributed by atoms with Crippen LogP contribution in [0, 0.1) is 0 Å². The Bertz CT molecular complexity index is 795. The highest BCUT2D eigenvalue weighted by Crippen LogP contribution is 2.34. The molecule has 2 rings (SSSR count). The minimum absolute atomic E-state index is 0.0198. The average molecular weight is 422 g/mol. The summed E-state index contributed by atoms with van der Waals surface area (Å²) < 4.78 is 5.66. The molecule has 1 saturated heterocycles. The standard InChI is InChI=1S/C19H27BN2O8/c1-11(23)2-4-13(21)8-16(24)22-9-14(10-22)30-15-5-3-12(6-7-20(28)29)18(25)17(15)19(26)27/h3,5,13-14,25,28-29H,2,4,6-10,21H2,1H3,(H,26,27)/t13-/m0/s1. The fourth-order valence-electron chi connectivity index (χ4n) is 3.15. The summed E-state index contributed by atoms with van der Waals surface area (Å²) in [5.41, 5.74) is 5.72. The van der Waals surface area contributed by atoms with Crippen LogP contribution in [-0.2, 0) is 16.0 Å². The number of aryl methyl sites for hydroxylation is 1. The number of hydrogen-bond acceptors (Lipinski definition) is 8. The summed E-state index contributed by atoms with van der Waals surface area (Å²) >= 11 is 0. The number of carboxylic acids is 1. The molecule has 1 aliphatic heterocycles. The summed E-state index contributed by atoms with van der Waals surface area (Å²) in [5.74, 6) is -2.03. The second kappa shape index (κ2) is 10.4. The molecule has 0 radical (unpaired) electrons. The number of Topliss-reactive ketones (excluding diaryl/α,β-unsaturated/α-hetero) is 1. The number of likely N-dealkylation sites (tertiary alicyclic amines) is 1. The third kappa shape index (κ3) is 6.44. The summed E-state index contributed by atoms with van der Waals surface area (Å²) in [6.45, 7) is 1.99. The number of aromatic hydroxyl groups is 1. The largest absolute Gasteiger partial charge is 0.507 e. The summed E-state index contributed by atoms with van der Waals surface area (Å²) in [7, 11) is -1.57. The number of benzene rings is 1. The molecule has 1 heterocycles. The molecule has 11 heteroatoms. The monoisotopic (exact) mass is 422 g/mol. The Morgan fingerprint density at radius 2 is 1.97 bits per heavy atom. The molecule has 0 unspecified atom stereocenters. The van der Waals surface area contributed by atoms with Crippen LogP contribution in [0.5, 0.6) is 11.5 Å². The molecule has 10 nitrogen and oxygen atoms in total. The number of nitrogens with two attached hydrogens (primary N) is 1. The van der Waals surface area contributed by atoms with Gasteiger partial charge in [-0.25, -0.2) is 4.79 Å². The number of carbonyl (C=O) groups excluding carboxylic acids is 2. The normalized spacial score (nSPS) is 14.7. The molecule has 30 heavy (non-hydrogen) atoms. The maximum atomic E-state index is 12.2. The van der Waals surface area contributed by atoms with Crippen molar-refractivity contribution in [1.29, 1.82) is 0 Å². The number of rotatable bonds is 11. The fourth-order valence-corrected chi connectivity index (χ4v) is 3.15. The van der Waals surface area contributed by atoms with E-state index in [1.54, 1.807) is 0 Å². The third-order valence-electron chi connectivity index (χ3n) is 4.91. The van der Waals surface area contributed by atoms with Gasteiger partial charge in [0.15, 0.2) is 0 Å². The van der Waals surface area contributed by atoms with Crippen molar-refractivity contribution in [2.24, 2.45) is 5.73 Å². The Hall–Kier alpha value is -2.63. The molecule has 1 atom stereocenters. The number of ketones is 1. The van der Waals surface area contributed by atoms with Crippen molar-refractivity contribution >= 4 is 24.8 Å². The van der Waals surface area contributed by atoms with E-state index in [1.165, 1.54) is 24.0 Å². The number of nitrogens with zero attached hydrogens (tertiary/aromatic N) is 1. The molecule has 1 amide bonds. The first-order valence-electron chi connectivity index (χ1n) is 9.72. The van der Waals surface area contributed by atoms with Crippen molar-refractivity contribution in [2.75, 3.05) is 13.1 Å². The van der Waals surface area contributed by atoms with Gasteiger partial charge in [-0.3, -0.25) is 4.79 Å². The van der Waals surface area contributed by atoms with Crippen molar-refractivity contribution in [2.45, 2.75) is 51.1 Å². The van der Waals surface area contributed by atoms with Crippen LogP contribution in [0.3, 0.4) is 0 Å². The van der Waals surface area contributed by atoms with E-state index >= 15 is 0 Å². The molecule has 1 aromatic carbocycles. The van der Waals surface area contributed by atoms with E-state index in [9.17, 15) is 24.6 Å². The Kier molecular flexibility index (Phi) is 8.21. The van der Waals surface area contributed by atoms with Gasteiger partial charge >= 0.3 is 13.1 Å². The summed E-state index contributed by atoms with van der Waals surface area (Å²) in [6, 6.07) is 2.47. The molecule has 0 aromatic heterocycles. The molecule has 0 aliphatic carbocycles. The second-order valence-electron chi connectivity index (χ2n) is 7.51. The quantitative estimate of drug-likeness (QED) is 0.303. The topological polar surface area (TPSA) is 171 Å². The Morgan fingerprint density at radius 3 is 2.53 bits per heavy atom. The maximum Gasteiger partial charge on any atom is 0.451 e. The van der Waals surface area contributed by atoms with Gasteiger partial charge in [-0.05, 0) is 37.7 Å². The lowest BCUT2D eigenvalue weighted by atomic mass is 9.82. The number of ether oxygens (including phenoxy) is 1. The number of amides is 1. The van der Waals surface area contributed by atoms with E-state index in [4.69, 9.17) is 20.5 Å². The van der Waals surface area contributed by atoms with Gasteiger partial charge in [0, 0.05) is 18.9 Å². The van der Waals surface area contributed by atoms with Crippen molar-refractivity contribution in [1.82, 2.24) is 4.90 Å². The van der Waals surface area contributed by atoms with Crippen LogP contribution >= 0.6 is 0 Å². The molecule has 1 aromatic rings. The summed E-state index contributed by atoms with van der Waals surface area (Å²) in [5, 5.41) is 37.6. The SMILES string of the molecule is CC(=O)CC[C@H](N)CC(=O)N1CC(Oc2ccc(CCB(O)O)c(O)c2C(=O)O)C1. The van der Waals surface area contributed by atoms with Gasteiger partial charge in [0.25, 0.3) is 0 Å². The molecule has 0 bridgehead atoms. The molecule has 1 aliphatic rings. The zero-order valence-corrected chi connectivity index (χ0v) is 16.8. The first kappa shape index (κ1) is 23.7. The van der Waals surface area contributed by atoms with Crippen molar-refractivity contribution in [3.8, 4) is 11.5 Å². The Labute approximate surface area is 174 Å². The summed E-state index contributed by atoms with van der Waals surface area (Å²) in [4.78, 5) is 36.3. The number of aromatic carboxylic acids is 1. The second-order valence-corrected chi connectivity index (χ2v) is 7.51. The van der Waals surface area contributed by atoms with Gasteiger partial charge in [-0.2, -0.15) is 0 Å². The van der Waals surface area contributed by atoms with Crippen LogP contribution < -0.4 is 10.5 Å². The smallest absolute Gasteiger partial charge is 0.451 e. The average Bonchev–Trinajstić information content (AvgIpc) is 2.61. The van der Waals surface area contributed by atoms with Crippen LogP contribution in [0.1, 0.15) is 42.1 Å². The highest BCUT2D eigenvalue weighted by Gasteiger charge is 2.34. The Balaban J connectivity index is 1.93. The van der Waals surface area contributed by atoms with E-state index in [0.717, 1.165) is 0 Å². The van der Waals surface area contributed by atoms with E-state index in [1.807, 2.05) is 0 Å². The van der Waals surface area contributed by atoms with E-state index in [2.05, 4.69) is 0 Å². The van der Waals surface area contributed by atoms with Crippen LogP contribution in [0.25, 0.3) is 0 Å². The molecular weight excluding hydrogens is 395 g/mol. The minimum atomic E-state index is -1.57. The highest BCUT2D eigenvalue weighted by molar-refractivity contribution is 6.41. The predicted molar refractivity (Wildman–Crippen MR) is 107 cm³/mol. The van der Waals surface area contributed by atoms with Gasteiger partial charge in [0.05, 0.1) is 13.1 Å². The number of phenols is 1. The first-order chi connectivity index (χ1) is 14.1. The van der Waals surface area contributed by atoms with Crippen molar-refractivity contribution < 1.29 is 39.4 Å². The number of carbonyl (C=O) groups is 3.